The maximum Gasteiger partial charge on any atom is 0.254 e. The lowest BCUT2D eigenvalue weighted by molar-refractivity contribution is 0.0580. The molecule has 0 N–H and O–H groups in total. The lowest BCUT2D eigenvalue weighted by Gasteiger charge is -2.35. The molecule has 1 aromatic carbocycles. The average Bonchev–Trinajstić information content (AvgIpc) is 3.44. The van der Waals surface area contributed by atoms with E-state index in [9.17, 15) is 13.2 Å². The second-order valence-corrected chi connectivity index (χ2v) is 10.5. The van der Waals surface area contributed by atoms with Crippen LogP contribution in [-0.4, -0.2) is 48.7 Å². The van der Waals surface area contributed by atoms with Gasteiger partial charge in [0.1, 0.15) is 0 Å². The Morgan fingerprint density at radius 1 is 0.857 bits per heavy atom. The van der Waals surface area contributed by atoms with Crippen LogP contribution in [0.25, 0.3) is 0 Å². The lowest BCUT2D eigenvalue weighted by Crippen LogP contribution is -2.45. The standard InChI is InChI=1S/C22H32N2O3S/c25-22(24(19-10-2-3-11-19)20-12-4-5-13-20)18-9-8-14-21(17-18)28(26,27)23-15-6-1-7-16-23/h8-9,14,17,19-20H,1-7,10-13,15-16H2. The fourth-order valence-electron chi connectivity index (χ4n) is 5.19. The van der Waals surface area contributed by atoms with Crippen LogP contribution in [0.5, 0.6) is 0 Å². The van der Waals surface area contributed by atoms with Crippen LogP contribution in [0, 0.1) is 0 Å². The molecule has 1 saturated heterocycles. The second-order valence-electron chi connectivity index (χ2n) is 8.58. The van der Waals surface area contributed by atoms with Crippen LogP contribution in [-0.2, 0) is 10.0 Å². The molecule has 1 aliphatic heterocycles. The Hall–Kier alpha value is -1.40. The van der Waals surface area contributed by atoms with E-state index < -0.39 is 10.0 Å². The molecule has 3 fully saturated rings. The SMILES string of the molecule is O=C(c1cccc(S(=O)(=O)N2CCCCC2)c1)N(C1CCCC1)C1CCCC1. The molecule has 0 unspecified atom stereocenters. The number of benzene rings is 1. The van der Waals surface area contributed by atoms with Crippen LogP contribution in [0.15, 0.2) is 29.2 Å². The first kappa shape index (κ1) is 19.9. The fourth-order valence-corrected chi connectivity index (χ4v) is 6.75. The van der Waals surface area contributed by atoms with Crippen LogP contribution in [0.4, 0.5) is 0 Å². The number of sulfonamides is 1. The molecule has 0 radical (unpaired) electrons. The predicted octanol–water partition coefficient (Wildman–Crippen LogP) is 4.19. The first-order chi connectivity index (χ1) is 13.6. The van der Waals surface area contributed by atoms with Crippen molar-refractivity contribution in [2.24, 2.45) is 0 Å². The molecule has 3 aliphatic rings. The van der Waals surface area contributed by atoms with Gasteiger partial charge in [-0.1, -0.05) is 38.2 Å². The number of rotatable bonds is 5. The van der Waals surface area contributed by atoms with E-state index in [2.05, 4.69) is 4.90 Å². The van der Waals surface area contributed by atoms with E-state index in [1.165, 1.54) is 25.7 Å². The van der Waals surface area contributed by atoms with Crippen molar-refractivity contribution in [3.63, 3.8) is 0 Å². The van der Waals surface area contributed by atoms with Crippen LogP contribution < -0.4 is 0 Å². The summed E-state index contributed by atoms with van der Waals surface area (Å²) in [7, 11) is -3.52. The third-order valence-corrected chi connectivity index (χ3v) is 8.60. The summed E-state index contributed by atoms with van der Waals surface area (Å²) >= 11 is 0. The summed E-state index contributed by atoms with van der Waals surface area (Å²) in [6.45, 7) is 1.16. The highest BCUT2D eigenvalue weighted by Gasteiger charge is 2.35. The molecule has 0 atom stereocenters. The number of piperidine rings is 1. The number of hydrogen-bond acceptors (Lipinski definition) is 3. The van der Waals surface area contributed by atoms with E-state index in [1.807, 2.05) is 0 Å². The van der Waals surface area contributed by atoms with E-state index >= 15 is 0 Å². The van der Waals surface area contributed by atoms with Crippen LogP contribution in [0.1, 0.15) is 81.0 Å². The fraction of sp³-hybridized carbons (Fsp3) is 0.682. The van der Waals surface area contributed by atoms with Gasteiger partial charge >= 0.3 is 0 Å². The molecule has 2 aliphatic carbocycles. The molecule has 0 bridgehead atoms. The minimum absolute atomic E-state index is 0.0227. The molecule has 0 spiro atoms. The number of nitrogens with zero attached hydrogens (tertiary/aromatic N) is 2. The molecule has 4 rings (SSSR count). The first-order valence-electron chi connectivity index (χ1n) is 11.0. The second kappa shape index (κ2) is 8.54. The predicted molar refractivity (Wildman–Crippen MR) is 110 cm³/mol. The van der Waals surface area contributed by atoms with Gasteiger partial charge in [0.25, 0.3) is 5.91 Å². The number of carbonyl (C=O) groups excluding carboxylic acids is 1. The summed E-state index contributed by atoms with van der Waals surface area (Å²) in [4.78, 5) is 15.9. The van der Waals surface area contributed by atoms with Crippen molar-refractivity contribution < 1.29 is 13.2 Å². The Morgan fingerprint density at radius 2 is 1.43 bits per heavy atom. The van der Waals surface area contributed by atoms with Crippen molar-refractivity contribution in [2.75, 3.05) is 13.1 Å². The van der Waals surface area contributed by atoms with Crippen LogP contribution >= 0.6 is 0 Å². The summed E-state index contributed by atoms with van der Waals surface area (Å²) in [5.74, 6) is 0.0227. The highest BCUT2D eigenvalue weighted by molar-refractivity contribution is 7.89. The van der Waals surface area contributed by atoms with Gasteiger partial charge < -0.3 is 4.90 Å². The van der Waals surface area contributed by atoms with E-state index in [0.29, 0.717) is 30.7 Å². The average molecular weight is 405 g/mol. The quantitative estimate of drug-likeness (QED) is 0.739. The lowest BCUT2D eigenvalue weighted by atomic mass is 10.1. The maximum absolute atomic E-state index is 13.5. The molecular formula is C22H32N2O3S. The van der Waals surface area contributed by atoms with Gasteiger partial charge in [0.05, 0.1) is 4.90 Å². The monoisotopic (exact) mass is 404 g/mol. The molecule has 6 heteroatoms. The van der Waals surface area contributed by atoms with Gasteiger partial charge in [-0.15, -0.1) is 0 Å². The Bertz CT molecular complexity index is 774. The van der Waals surface area contributed by atoms with Gasteiger partial charge in [0.15, 0.2) is 0 Å². The molecule has 0 aromatic heterocycles. The third kappa shape index (κ3) is 3.99. The van der Waals surface area contributed by atoms with Gasteiger partial charge in [-0.3, -0.25) is 4.79 Å². The zero-order valence-corrected chi connectivity index (χ0v) is 17.5. The molecule has 1 aromatic rings. The number of carbonyl (C=O) groups is 1. The number of hydrogen-bond donors (Lipinski definition) is 0. The maximum atomic E-state index is 13.5. The van der Waals surface area contributed by atoms with Crippen molar-refractivity contribution in [2.45, 2.75) is 87.6 Å². The molecule has 1 amide bonds. The summed E-state index contributed by atoms with van der Waals surface area (Å²) in [6.07, 6.45) is 12.0. The number of amides is 1. The van der Waals surface area contributed by atoms with Crippen molar-refractivity contribution in [3.8, 4) is 0 Å². The largest absolute Gasteiger partial charge is 0.333 e. The molecule has 1 heterocycles. The molecule has 154 valence electrons. The smallest absolute Gasteiger partial charge is 0.254 e. The minimum Gasteiger partial charge on any atom is -0.333 e. The summed E-state index contributed by atoms with van der Waals surface area (Å²) in [5.41, 5.74) is 0.525. The molecule has 28 heavy (non-hydrogen) atoms. The van der Waals surface area contributed by atoms with Gasteiger partial charge in [-0.2, -0.15) is 4.31 Å². The highest BCUT2D eigenvalue weighted by atomic mass is 32.2. The summed E-state index contributed by atoms with van der Waals surface area (Å²) in [5, 5.41) is 0. The van der Waals surface area contributed by atoms with Crippen molar-refractivity contribution in [1.82, 2.24) is 9.21 Å². The van der Waals surface area contributed by atoms with Gasteiger partial charge in [0, 0.05) is 30.7 Å². The minimum atomic E-state index is -3.52. The van der Waals surface area contributed by atoms with E-state index in [-0.39, 0.29) is 10.8 Å². The summed E-state index contributed by atoms with van der Waals surface area (Å²) in [6, 6.07) is 7.40. The van der Waals surface area contributed by atoms with Crippen LogP contribution in [0.3, 0.4) is 0 Å². The van der Waals surface area contributed by atoms with Gasteiger partial charge in [-0.05, 0) is 56.7 Å². The van der Waals surface area contributed by atoms with Crippen molar-refractivity contribution in [3.05, 3.63) is 29.8 Å². The molecule has 5 nitrogen and oxygen atoms in total. The Kier molecular flexibility index (Phi) is 6.07. The van der Waals surface area contributed by atoms with Gasteiger partial charge in [-0.25, -0.2) is 8.42 Å². The van der Waals surface area contributed by atoms with Crippen LogP contribution in [0.2, 0.25) is 0 Å². The topological polar surface area (TPSA) is 57.7 Å². The first-order valence-corrected chi connectivity index (χ1v) is 12.4. The van der Waals surface area contributed by atoms with Crippen molar-refractivity contribution >= 4 is 15.9 Å². The molecule has 2 saturated carbocycles. The third-order valence-electron chi connectivity index (χ3n) is 6.70. The Morgan fingerprint density at radius 3 is 2.00 bits per heavy atom. The van der Waals surface area contributed by atoms with E-state index in [4.69, 9.17) is 0 Å². The summed E-state index contributed by atoms with van der Waals surface area (Å²) < 4.78 is 27.7. The Labute approximate surface area is 169 Å². The van der Waals surface area contributed by atoms with Gasteiger partial charge in [0.2, 0.25) is 10.0 Å². The highest BCUT2D eigenvalue weighted by Crippen LogP contribution is 2.33. The van der Waals surface area contributed by atoms with E-state index in [1.54, 1.807) is 28.6 Å². The zero-order valence-electron chi connectivity index (χ0n) is 16.7. The Balaban J connectivity index is 1.60. The van der Waals surface area contributed by atoms with Crippen molar-refractivity contribution in [1.29, 1.82) is 0 Å². The zero-order chi connectivity index (χ0) is 19.6. The van der Waals surface area contributed by atoms with E-state index in [0.717, 1.165) is 44.9 Å². The normalized spacial score (nSPS) is 22.6. The molecular weight excluding hydrogens is 372 g/mol.